The zero-order valence-corrected chi connectivity index (χ0v) is 28.0. The number of hydrogen-bond donors (Lipinski definition) is 0. The molecule has 47 heavy (non-hydrogen) atoms. The van der Waals surface area contributed by atoms with E-state index in [1.165, 1.54) is 77.6 Å². The van der Waals surface area contributed by atoms with E-state index >= 15 is 0 Å². The van der Waals surface area contributed by atoms with Gasteiger partial charge in [0.1, 0.15) is 6.17 Å². The first-order valence-corrected chi connectivity index (χ1v) is 16.7. The molecule has 0 aliphatic carbocycles. The van der Waals surface area contributed by atoms with Gasteiger partial charge >= 0.3 is 0 Å². The quantitative estimate of drug-likeness (QED) is 0.131. The Morgan fingerprint density at radius 2 is 1.17 bits per heavy atom. The highest BCUT2D eigenvalue weighted by atomic mass is 15.4. The Balaban J connectivity index is 1.38. The minimum Gasteiger partial charge on any atom is -0.352 e. The summed E-state index contributed by atoms with van der Waals surface area (Å²) in [5, 5.41) is 5.10. The van der Waals surface area contributed by atoms with Crippen LogP contribution in [-0.4, -0.2) is 16.8 Å². The molecule has 0 fully saturated rings. The average molecular weight is 611 g/mol. The van der Waals surface area contributed by atoms with Crippen molar-refractivity contribution in [2.75, 3.05) is 7.05 Å². The van der Waals surface area contributed by atoms with Gasteiger partial charge in [-0.2, -0.15) is 0 Å². The van der Waals surface area contributed by atoms with Crippen LogP contribution in [0.2, 0.25) is 0 Å². The highest BCUT2D eigenvalue weighted by Gasteiger charge is 2.35. The molecule has 1 unspecified atom stereocenters. The van der Waals surface area contributed by atoms with Gasteiger partial charge in [-0.3, -0.25) is 0 Å². The van der Waals surface area contributed by atoms with Crippen LogP contribution >= 0.6 is 0 Å². The fourth-order valence-electron chi connectivity index (χ4n) is 7.59. The SMILES string of the molecule is CC=CC=C(C)N1C(C)=C(CC)N(C)C1c1ccc(-c2ccc3c(-c4ccccc4)c4ccccc4c(-c4ccccc4)c3c2)cc1. The van der Waals surface area contributed by atoms with Crippen molar-refractivity contribution in [3.8, 4) is 33.4 Å². The number of rotatable bonds is 7. The number of hydrogen-bond acceptors (Lipinski definition) is 2. The molecule has 0 spiro atoms. The van der Waals surface area contributed by atoms with E-state index in [1.54, 1.807) is 0 Å². The summed E-state index contributed by atoms with van der Waals surface area (Å²) < 4.78 is 0. The Hall–Kier alpha value is -5.34. The summed E-state index contributed by atoms with van der Waals surface area (Å²) in [5.41, 5.74) is 12.7. The molecule has 6 aromatic rings. The highest BCUT2D eigenvalue weighted by molar-refractivity contribution is 6.21. The van der Waals surface area contributed by atoms with Crippen LogP contribution < -0.4 is 0 Å². The molecule has 0 saturated heterocycles. The van der Waals surface area contributed by atoms with Gasteiger partial charge in [-0.05, 0) is 99.8 Å². The molecule has 7 rings (SSSR count). The Kier molecular flexibility index (Phi) is 8.26. The van der Waals surface area contributed by atoms with Crippen LogP contribution in [0.5, 0.6) is 0 Å². The molecule has 0 bridgehead atoms. The summed E-state index contributed by atoms with van der Waals surface area (Å²) in [5.74, 6) is 0. The number of nitrogens with zero attached hydrogens (tertiary/aromatic N) is 2. The normalized spacial score (nSPS) is 15.5. The van der Waals surface area contributed by atoms with E-state index in [4.69, 9.17) is 0 Å². The van der Waals surface area contributed by atoms with Crippen molar-refractivity contribution < 1.29 is 0 Å². The van der Waals surface area contributed by atoms with Gasteiger partial charge in [-0.15, -0.1) is 0 Å². The monoisotopic (exact) mass is 610 g/mol. The van der Waals surface area contributed by atoms with Crippen LogP contribution in [-0.2, 0) is 0 Å². The first-order chi connectivity index (χ1) is 23.0. The lowest BCUT2D eigenvalue weighted by atomic mass is 9.85. The Morgan fingerprint density at radius 3 is 1.74 bits per heavy atom. The molecule has 0 saturated carbocycles. The first-order valence-electron chi connectivity index (χ1n) is 16.7. The van der Waals surface area contributed by atoms with Gasteiger partial charge < -0.3 is 9.80 Å². The summed E-state index contributed by atoms with van der Waals surface area (Å²) >= 11 is 0. The first kappa shape index (κ1) is 30.3. The summed E-state index contributed by atoms with van der Waals surface area (Å²) in [6, 6.07) is 46.8. The van der Waals surface area contributed by atoms with Crippen LogP contribution in [0, 0.1) is 0 Å². The van der Waals surface area contributed by atoms with E-state index in [9.17, 15) is 0 Å². The van der Waals surface area contributed by atoms with Crippen molar-refractivity contribution in [3.05, 3.63) is 168 Å². The van der Waals surface area contributed by atoms with Gasteiger partial charge in [-0.25, -0.2) is 0 Å². The van der Waals surface area contributed by atoms with Crippen LogP contribution in [0.15, 0.2) is 163 Å². The predicted octanol–water partition coefficient (Wildman–Crippen LogP) is 12.4. The van der Waals surface area contributed by atoms with Crippen molar-refractivity contribution in [2.24, 2.45) is 0 Å². The second-order valence-corrected chi connectivity index (χ2v) is 12.5. The van der Waals surface area contributed by atoms with Gasteiger partial charge in [0, 0.05) is 24.1 Å². The Bertz CT molecular complexity index is 2150. The van der Waals surface area contributed by atoms with E-state index in [0.717, 1.165) is 6.42 Å². The van der Waals surface area contributed by atoms with E-state index < -0.39 is 0 Å². The molecule has 2 nitrogen and oxygen atoms in total. The van der Waals surface area contributed by atoms with Gasteiger partial charge in [0.25, 0.3) is 0 Å². The molecule has 2 heteroatoms. The molecule has 0 amide bonds. The van der Waals surface area contributed by atoms with E-state index in [-0.39, 0.29) is 6.17 Å². The van der Waals surface area contributed by atoms with E-state index in [0.29, 0.717) is 0 Å². The molecule has 0 aromatic heterocycles. The molecule has 1 aliphatic rings. The van der Waals surface area contributed by atoms with Crippen molar-refractivity contribution in [1.29, 1.82) is 0 Å². The largest absolute Gasteiger partial charge is 0.352 e. The summed E-state index contributed by atoms with van der Waals surface area (Å²) in [6.07, 6.45) is 7.56. The molecule has 0 N–H and O–H groups in total. The third kappa shape index (κ3) is 5.34. The molecule has 0 radical (unpaired) electrons. The number of benzene rings is 6. The van der Waals surface area contributed by atoms with Crippen molar-refractivity contribution in [2.45, 2.75) is 40.3 Å². The third-order valence-corrected chi connectivity index (χ3v) is 9.75. The van der Waals surface area contributed by atoms with Gasteiger partial charge in [0.05, 0.1) is 0 Å². The number of allylic oxidation sites excluding steroid dienone is 6. The molecule has 1 heterocycles. The minimum absolute atomic E-state index is 0.126. The molecule has 1 aliphatic heterocycles. The van der Waals surface area contributed by atoms with Crippen LogP contribution in [0.4, 0.5) is 0 Å². The summed E-state index contributed by atoms with van der Waals surface area (Å²) in [7, 11) is 2.23. The average Bonchev–Trinajstić information content (AvgIpc) is 3.38. The van der Waals surface area contributed by atoms with E-state index in [2.05, 4.69) is 190 Å². The zero-order valence-electron chi connectivity index (χ0n) is 28.0. The lowest BCUT2D eigenvalue weighted by molar-refractivity contribution is 0.196. The maximum Gasteiger partial charge on any atom is 0.131 e. The minimum atomic E-state index is 0.126. The molecular weight excluding hydrogens is 569 g/mol. The third-order valence-electron chi connectivity index (χ3n) is 9.75. The number of fused-ring (bicyclic) bond motifs is 2. The van der Waals surface area contributed by atoms with Crippen molar-refractivity contribution in [1.82, 2.24) is 9.80 Å². The summed E-state index contributed by atoms with van der Waals surface area (Å²) in [4.78, 5) is 4.92. The Labute approximate surface area is 279 Å². The van der Waals surface area contributed by atoms with Gasteiger partial charge in [0.15, 0.2) is 0 Å². The molecule has 232 valence electrons. The fraction of sp³-hybridized carbons (Fsp3) is 0.156. The standard InChI is InChI=1S/C45H42N2/c1-6-8-17-31(3)47-32(4)42(7-2)46(5)45(47)36-26-24-33(25-27-36)37-28-29-40-41(30-37)44(35-20-13-10-14-21-35)39-23-16-15-22-38(39)43(40)34-18-11-9-12-19-34/h6,8-30,45H,7H2,1-5H3. The molecule has 6 aromatic carbocycles. The predicted molar refractivity (Wildman–Crippen MR) is 202 cm³/mol. The second-order valence-electron chi connectivity index (χ2n) is 12.5. The summed E-state index contributed by atoms with van der Waals surface area (Å²) in [6.45, 7) is 8.78. The van der Waals surface area contributed by atoms with Crippen LogP contribution in [0.25, 0.3) is 54.9 Å². The molecule has 1 atom stereocenters. The maximum atomic E-state index is 2.48. The van der Waals surface area contributed by atoms with Crippen LogP contribution in [0.3, 0.4) is 0 Å². The highest BCUT2D eigenvalue weighted by Crippen LogP contribution is 2.45. The lowest BCUT2D eigenvalue weighted by Gasteiger charge is -2.33. The second kappa shape index (κ2) is 12.8. The maximum absolute atomic E-state index is 2.48. The van der Waals surface area contributed by atoms with Crippen molar-refractivity contribution >= 4 is 21.5 Å². The molecular formula is C45H42N2. The lowest BCUT2D eigenvalue weighted by Crippen LogP contribution is -2.29. The fourth-order valence-corrected chi connectivity index (χ4v) is 7.59. The van der Waals surface area contributed by atoms with Gasteiger partial charge in [-0.1, -0.05) is 140 Å². The van der Waals surface area contributed by atoms with Crippen LogP contribution in [0.1, 0.15) is 45.8 Å². The van der Waals surface area contributed by atoms with Crippen molar-refractivity contribution in [3.63, 3.8) is 0 Å². The topological polar surface area (TPSA) is 6.48 Å². The van der Waals surface area contributed by atoms with E-state index in [1.807, 2.05) is 0 Å². The zero-order chi connectivity index (χ0) is 32.5. The smallest absolute Gasteiger partial charge is 0.131 e. The Morgan fingerprint density at radius 1 is 0.638 bits per heavy atom. The van der Waals surface area contributed by atoms with Gasteiger partial charge in [0.2, 0.25) is 0 Å².